The van der Waals surface area contributed by atoms with Crippen LogP contribution in [0.1, 0.15) is 32.3 Å². The smallest absolute Gasteiger partial charge is 0.321 e. The van der Waals surface area contributed by atoms with Gasteiger partial charge in [0.05, 0.1) is 0 Å². The second-order valence-electron chi connectivity index (χ2n) is 5.62. The third kappa shape index (κ3) is 6.79. The number of carbonyl (C=O) groups is 2. The molecule has 0 aliphatic carbocycles. The zero-order valence-electron chi connectivity index (χ0n) is 12.9. The summed E-state index contributed by atoms with van der Waals surface area (Å²) in [6.07, 6.45) is 1.58. The Bertz CT molecular complexity index is 469. The van der Waals surface area contributed by atoms with Gasteiger partial charge in [-0.05, 0) is 36.5 Å². The lowest BCUT2D eigenvalue weighted by Crippen LogP contribution is -2.32. The number of amides is 2. The zero-order valence-corrected chi connectivity index (χ0v) is 12.9. The van der Waals surface area contributed by atoms with Gasteiger partial charge in [0.15, 0.2) is 0 Å². The van der Waals surface area contributed by atoms with E-state index in [0.29, 0.717) is 12.3 Å². The summed E-state index contributed by atoms with van der Waals surface area (Å²) < 4.78 is 0. The van der Waals surface area contributed by atoms with E-state index in [2.05, 4.69) is 19.2 Å². The third-order valence-corrected chi connectivity index (χ3v) is 3.22. The van der Waals surface area contributed by atoms with Gasteiger partial charge < -0.3 is 15.3 Å². The van der Waals surface area contributed by atoms with Crippen LogP contribution in [0, 0.1) is 5.92 Å². The Morgan fingerprint density at radius 2 is 1.86 bits per heavy atom. The molecule has 1 aromatic rings. The van der Waals surface area contributed by atoms with E-state index in [4.69, 9.17) is 5.11 Å². The number of hydrogen-bond donors (Lipinski definition) is 2. The van der Waals surface area contributed by atoms with Crippen LogP contribution in [0.25, 0.3) is 0 Å². The average Bonchev–Trinajstić information content (AvgIpc) is 2.43. The molecule has 0 spiro atoms. The van der Waals surface area contributed by atoms with Crippen molar-refractivity contribution < 1.29 is 14.7 Å². The molecule has 0 saturated carbocycles. The Balaban J connectivity index is 2.47. The first-order valence-electron chi connectivity index (χ1n) is 7.21. The highest BCUT2D eigenvalue weighted by molar-refractivity contribution is 5.89. The summed E-state index contributed by atoms with van der Waals surface area (Å²) in [5, 5.41) is 11.5. The zero-order chi connectivity index (χ0) is 15.8. The molecule has 21 heavy (non-hydrogen) atoms. The van der Waals surface area contributed by atoms with E-state index in [1.165, 1.54) is 0 Å². The number of hydrogen-bond acceptors (Lipinski definition) is 2. The Kier molecular flexibility index (Phi) is 6.72. The summed E-state index contributed by atoms with van der Waals surface area (Å²) in [5.74, 6) is -0.243. The molecule has 0 atom stereocenters. The van der Waals surface area contributed by atoms with Crippen molar-refractivity contribution in [2.24, 2.45) is 5.92 Å². The Morgan fingerprint density at radius 3 is 2.38 bits per heavy atom. The van der Waals surface area contributed by atoms with E-state index in [1.54, 1.807) is 24.1 Å². The molecule has 1 rings (SSSR count). The highest BCUT2D eigenvalue weighted by atomic mass is 16.4. The van der Waals surface area contributed by atoms with E-state index < -0.39 is 5.97 Å². The second-order valence-corrected chi connectivity index (χ2v) is 5.62. The number of nitrogens with one attached hydrogen (secondary N) is 1. The summed E-state index contributed by atoms with van der Waals surface area (Å²) in [7, 11) is 1.78. The first-order valence-corrected chi connectivity index (χ1v) is 7.21. The van der Waals surface area contributed by atoms with Gasteiger partial charge in [-0.25, -0.2) is 4.79 Å². The van der Waals surface area contributed by atoms with Crippen LogP contribution in [0.3, 0.4) is 0 Å². The Labute approximate surface area is 126 Å². The molecule has 0 bridgehead atoms. The lowest BCUT2D eigenvalue weighted by molar-refractivity contribution is -0.136. The van der Waals surface area contributed by atoms with Crippen LogP contribution in [0.5, 0.6) is 0 Å². The van der Waals surface area contributed by atoms with Crippen molar-refractivity contribution >= 4 is 17.7 Å². The maximum Gasteiger partial charge on any atom is 0.321 e. The van der Waals surface area contributed by atoms with Crippen molar-refractivity contribution in [2.45, 2.75) is 33.1 Å². The van der Waals surface area contributed by atoms with Crippen molar-refractivity contribution in [1.29, 1.82) is 0 Å². The van der Waals surface area contributed by atoms with Gasteiger partial charge in [0.2, 0.25) is 0 Å². The molecule has 0 aliphatic heterocycles. The van der Waals surface area contributed by atoms with E-state index >= 15 is 0 Å². The van der Waals surface area contributed by atoms with E-state index in [-0.39, 0.29) is 12.5 Å². The highest BCUT2D eigenvalue weighted by Crippen LogP contribution is 2.12. The number of nitrogens with zero attached hydrogens (tertiary/aromatic N) is 1. The summed E-state index contributed by atoms with van der Waals surface area (Å²) in [6, 6.07) is 7.14. The van der Waals surface area contributed by atoms with Gasteiger partial charge >= 0.3 is 12.0 Å². The fourth-order valence-electron chi connectivity index (χ4n) is 1.78. The minimum atomic E-state index is -0.806. The van der Waals surface area contributed by atoms with Gasteiger partial charge in [-0.3, -0.25) is 4.79 Å². The molecule has 1 aromatic carbocycles. The lowest BCUT2D eigenvalue weighted by atomic mass is 10.1. The largest absolute Gasteiger partial charge is 0.481 e. The first-order chi connectivity index (χ1) is 9.88. The molecule has 116 valence electrons. The molecule has 2 N–H and O–H groups in total. The Hall–Kier alpha value is -2.04. The number of carboxylic acid groups (broad SMARTS) is 1. The molecule has 2 amide bonds. The number of rotatable bonds is 7. The topological polar surface area (TPSA) is 69.6 Å². The number of urea groups is 1. The SMILES string of the molecule is CC(C)CCN(C)C(=O)Nc1ccc(CCC(=O)O)cc1. The van der Waals surface area contributed by atoms with Gasteiger partial charge in [0, 0.05) is 25.7 Å². The van der Waals surface area contributed by atoms with Crippen molar-refractivity contribution in [3.8, 4) is 0 Å². The third-order valence-electron chi connectivity index (χ3n) is 3.22. The standard InChI is InChI=1S/C16H24N2O3/c1-12(2)10-11-18(3)16(21)17-14-7-4-13(5-8-14)6-9-15(19)20/h4-5,7-8,12H,6,9-11H2,1-3H3,(H,17,21)(H,19,20). The van der Waals surface area contributed by atoms with Crippen molar-refractivity contribution in [3.63, 3.8) is 0 Å². The first kappa shape index (κ1) is 17.0. The van der Waals surface area contributed by atoms with Crippen LogP contribution in [0.2, 0.25) is 0 Å². The number of benzene rings is 1. The number of carboxylic acids is 1. The van der Waals surface area contributed by atoms with Crippen molar-refractivity contribution in [3.05, 3.63) is 29.8 Å². The normalized spacial score (nSPS) is 10.5. The minimum Gasteiger partial charge on any atom is -0.481 e. The van der Waals surface area contributed by atoms with Crippen molar-refractivity contribution in [1.82, 2.24) is 4.90 Å². The quantitative estimate of drug-likeness (QED) is 0.810. The number of anilines is 1. The van der Waals surface area contributed by atoms with E-state index in [1.807, 2.05) is 12.1 Å². The molecule has 0 aliphatic rings. The molecule has 0 heterocycles. The molecule has 5 nitrogen and oxygen atoms in total. The van der Waals surface area contributed by atoms with E-state index in [0.717, 1.165) is 24.2 Å². The van der Waals surface area contributed by atoms with Crippen LogP contribution < -0.4 is 5.32 Å². The minimum absolute atomic E-state index is 0.115. The number of carbonyl (C=O) groups excluding carboxylic acids is 1. The summed E-state index contributed by atoms with van der Waals surface area (Å²) in [6.45, 7) is 4.98. The Morgan fingerprint density at radius 1 is 1.24 bits per heavy atom. The van der Waals surface area contributed by atoms with Gasteiger partial charge in [-0.15, -0.1) is 0 Å². The maximum absolute atomic E-state index is 12.0. The van der Waals surface area contributed by atoms with Crippen molar-refractivity contribution in [2.75, 3.05) is 18.9 Å². The highest BCUT2D eigenvalue weighted by Gasteiger charge is 2.09. The van der Waals surface area contributed by atoms with Gasteiger partial charge in [-0.1, -0.05) is 26.0 Å². The van der Waals surface area contributed by atoms with Crippen LogP contribution >= 0.6 is 0 Å². The molecule has 5 heteroatoms. The molecular formula is C16H24N2O3. The van der Waals surface area contributed by atoms with E-state index in [9.17, 15) is 9.59 Å². The summed E-state index contributed by atoms with van der Waals surface area (Å²) in [5.41, 5.74) is 1.67. The van der Waals surface area contributed by atoms with Crippen LogP contribution in [0.4, 0.5) is 10.5 Å². The molecular weight excluding hydrogens is 268 g/mol. The number of aliphatic carboxylic acids is 1. The number of aryl methyl sites for hydroxylation is 1. The van der Waals surface area contributed by atoms with Gasteiger partial charge in [0.25, 0.3) is 0 Å². The fraction of sp³-hybridized carbons (Fsp3) is 0.500. The molecule has 0 unspecified atom stereocenters. The predicted molar refractivity (Wildman–Crippen MR) is 83.5 cm³/mol. The molecule has 0 aromatic heterocycles. The summed E-state index contributed by atoms with van der Waals surface area (Å²) in [4.78, 5) is 24.1. The lowest BCUT2D eigenvalue weighted by Gasteiger charge is -2.19. The maximum atomic E-state index is 12.0. The van der Waals surface area contributed by atoms with Gasteiger partial charge in [-0.2, -0.15) is 0 Å². The van der Waals surface area contributed by atoms with Crippen LogP contribution in [-0.4, -0.2) is 35.6 Å². The molecule has 0 saturated heterocycles. The fourth-order valence-corrected chi connectivity index (χ4v) is 1.78. The van der Waals surface area contributed by atoms with Crippen LogP contribution in [-0.2, 0) is 11.2 Å². The monoisotopic (exact) mass is 292 g/mol. The van der Waals surface area contributed by atoms with Crippen LogP contribution in [0.15, 0.2) is 24.3 Å². The predicted octanol–water partition coefficient (Wildman–Crippen LogP) is 3.21. The average molecular weight is 292 g/mol. The van der Waals surface area contributed by atoms with Gasteiger partial charge in [0.1, 0.15) is 0 Å². The summed E-state index contributed by atoms with van der Waals surface area (Å²) >= 11 is 0. The molecule has 0 radical (unpaired) electrons. The second kappa shape index (κ2) is 8.29. The molecule has 0 fully saturated rings.